The Kier molecular flexibility index (Phi) is 6.33. The Balaban J connectivity index is 1.84. The molecule has 3 aromatic rings. The molecule has 0 amide bonds. The summed E-state index contributed by atoms with van der Waals surface area (Å²) >= 11 is 0. The van der Waals surface area contributed by atoms with Gasteiger partial charge in [-0.15, -0.1) is 0 Å². The first-order chi connectivity index (χ1) is 13.1. The van der Waals surface area contributed by atoms with E-state index in [1.54, 1.807) is 0 Å². The lowest BCUT2D eigenvalue weighted by molar-refractivity contribution is -0.328. The van der Waals surface area contributed by atoms with Gasteiger partial charge in [-0.3, -0.25) is 15.2 Å². The standard InChI is InChI=1S/C22H21NO4/c24-22(20(23(25)26)16-17-10-4-1-5-11-17)27-21(18-12-6-2-7-13-18)19-14-8-3-9-15-19/h1-15,20-21,25-26H,16H2/t20-/m0/s1. The highest BCUT2D eigenvalue weighted by atomic mass is 16.8. The first-order valence-electron chi connectivity index (χ1n) is 8.66. The zero-order chi connectivity index (χ0) is 19.1. The summed E-state index contributed by atoms with van der Waals surface area (Å²) in [7, 11) is 0. The summed E-state index contributed by atoms with van der Waals surface area (Å²) < 4.78 is 5.72. The van der Waals surface area contributed by atoms with E-state index in [0.717, 1.165) is 16.7 Å². The number of benzene rings is 3. The van der Waals surface area contributed by atoms with Gasteiger partial charge >= 0.3 is 5.97 Å². The van der Waals surface area contributed by atoms with Crippen molar-refractivity contribution in [3.63, 3.8) is 0 Å². The Morgan fingerprint density at radius 2 is 1.22 bits per heavy atom. The van der Waals surface area contributed by atoms with Crippen molar-refractivity contribution in [3.8, 4) is 0 Å². The highest BCUT2D eigenvalue weighted by Gasteiger charge is 2.29. The molecule has 3 rings (SSSR count). The summed E-state index contributed by atoms with van der Waals surface area (Å²) in [5, 5.41) is 19.1. The van der Waals surface area contributed by atoms with E-state index in [9.17, 15) is 15.2 Å². The van der Waals surface area contributed by atoms with Crippen molar-refractivity contribution >= 4 is 5.97 Å². The number of carbonyl (C=O) groups excluding carboxylic acids is 1. The van der Waals surface area contributed by atoms with Gasteiger partial charge in [-0.05, 0) is 16.7 Å². The van der Waals surface area contributed by atoms with Crippen LogP contribution in [0.5, 0.6) is 0 Å². The number of carbonyl (C=O) groups is 1. The molecule has 0 aromatic heterocycles. The van der Waals surface area contributed by atoms with Gasteiger partial charge in [-0.1, -0.05) is 96.2 Å². The molecular weight excluding hydrogens is 342 g/mol. The molecule has 0 saturated heterocycles. The molecule has 0 fully saturated rings. The number of hydroxylamine groups is 2. The number of hydrogen-bond acceptors (Lipinski definition) is 5. The molecule has 1 atom stereocenters. The van der Waals surface area contributed by atoms with Crippen LogP contribution in [0.25, 0.3) is 0 Å². The van der Waals surface area contributed by atoms with Crippen molar-refractivity contribution in [3.05, 3.63) is 108 Å². The van der Waals surface area contributed by atoms with Gasteiger partial charge in [0.05, 0.1) is 0 Å². The summed E-state index contributed by atoms with van der Waals surface area (Å²) in [6.07, 6.45) is -0.527. The van der Waals surface area contributed by atoms with Crippen molar-refractivity contribution in [1.82, 2.24) is 5.23 Å². The second kappa shape index (κ2) is 9.09. The molecule has 0 unspecified atom stereocenters. The first kappa shape index (κ1) is 18.8. The lowest BCUT2D eigenvalue weighted by atomic mass is 10.0. The van der Waals surface area contributed by atoms with Crippen LogP contribution >= 0.6 is 0 Å². The van der Waals surface area contributed by atoms with E-state index in [-0.39, 0.29) is 11.6 Å². The molecular formula is C22H21NO4. The van der Waals surface area contributed by atoms with Gasteiger partial charge in [0.1, 0.15) is 0 Å². The largest absolute Gasteiger partial charge is 0.451 e. The van der Waals surface area contributed by atoms with Crippen LogP contribution in [0.4, 0.5) is 0 Å². The van der Waals surface area contributed by atoms with Crippen molar-refractivity contribution in [2.45, 2.75) is 18.6 Å². The minimum atomic E-state index is -1.23. The van der Waals surface area contributed by atoms with E-state index >= 15 is 0 Å². The van der Waals surface area contributed by atoms with Gasteiger partial charge in [0, 0.05) is 6.42 Å². The third kappa shape index (κ3) is 5.01. The Morgan fingerprint density at radius 1 is 0.778 bits per heavy atom. The number of hydrogen-bond donors (Lipinski definition) is 2. The van der Waals surface area contributed by atoms with Gasteiger partial charge in [0.15, 0.2) is 12.1 Å². The molecule has 0 aliphatic rings. The van der Waals surface area contributed by atoms with E-state index in [0.29, 0.717) is 0 Å². The van der Waals surface area contributed by atoms with Gasteiger partial charge in [0.25, 0.3) is 0 Å². The second-order valence-electron chi connectivity index (χ2n) is 6.16. The predicted molar refractivity (Wildman–Crippen MR) is 100 cm³/mol. The Hall–Kier alpha value is -2.99. The van der Waals surface area contributed by atoms with Crippen molar-refractivity contribution < 1.29 is 19.9 Å². The third-order valence-corrected chi connectivity index (χ3v) is 4.26. The maximum Gasteiger partial charge on any atom is 0.329 e. The van der Waals surface area contributed by atoms with Crippen LogP contribution in [0.2, 0.25) is 0 Å². The van der Waals surface area contributed by atoms with E-state index in [2.05, 4.69) is 0 Å². The summed E-state index contributed by atoms with van der Waals surface area (Å²) in [6, 6.07) is 26.6. The maximum absolute atomic E-state index is 12.8. The lowest BCUT2D eigenvalue weighted by Crippen LogP contribution is -2.40. The first-order valence-corrected chi connectivity index (χ1v) is 8.66. The van der Waals surface area contributed by atoms with Crippen LogP contribution in [0.3, 0.4) is 0 Å². The van der Waals surface area contributed by atoms with E-state index < -0.39 is 18.1 Å². The quantitative estimate of drug-likeness (QED) is 0.490. The Labute approximate surface area is 158 Å². The van der Waals surface area contributed by atoms with Crippen LogP contribution in [-0.4, -0.2) is 27.7 Å². The van der Waals surface area contributed by atoms with E-state index in [1.807, 2.05) is 91.0 Å². The van der Waals surface area contributed by atoms with E-state index in [1.165, 1.54) is 0 Å². The highest BCUT2D eigenvalue weighted by Crippen LogP contribution is 2.27. The monoisotopic (exact) mass is 363 g/mol. The Morgan fingerprint density at radius 3 is 1.67 bits per heavy atom. The van der Waals surface area contributed by atoms with Crippen LogP contribution in [0.15, 0.2) is 91.0 Å². The smallest absolute Gasteiger partial charge is 0.329 e. The number of esters is 1. The zero-order valence-corrected chi connectivity index (χ0v) is 14.7. The fraction of sp³-hybridized carbons (Fsp3) is 0.136. The molecule has 0 spiro atoms. The average Bonchev–Trinajstić information content (AvgIpc) is 2.72. The van der Waals surface area contributed by atoms with Crippen LogP contribution in [0.1, 0.15) is 22.8 Å². The molecule has 0 saturated carbocycles. The number of rotatable bonds is 7. The molecule has 0 heterocycles. The second-order valence-corrected chi connectivity index (χ2v) is 6.16. The van der Waals surface area contributed by atoms with E-state index in [4.69, 9.17) is 4.74 Å². The van der Waals surface area contributed by atoms with Crippen LogP contribution in [-0.2, 0) is 16.0 Å². The topological polar surface area (TPSA) is 70.0 Å². The summed E-state index contributed by atoms with van der Waals surface area (Å²) in [5.41, 5.74) is 2.40. The van der Waals surface area contributed by atoms with Gasteiger partial charge in [-0.25, -0.2) is 0 Å². The zero-order valence-electron chi connectivity index (χ0n) is 14.7. The minimum Gasteiger partial charge on any atom is -0.451 e. The molecule has 3 aromatic carbocycles. The summed E-state index contributed by atoms with van der Waals surface area (Å²) in [5.74, 6) is -0.721. The molecule has 5 nitrogen and oxygen atoms in total. The number of ether oxygens (including phenoxy) is 1. The molecule has 2 N–H and O–H groups in total. The van der Waals surface area contributed by atoms with Gasteiger partial charge < -0.3 is 4.74 Å². The third-order valence-electron chi connectivity index (χ3n) is 4.26. The summed E-state index contributed by atoms with van der Waals surface area (Å²) in [4.78, 5) is 12.8. The number of nitrogens with zero attached hydrogens (tertiary/aromatic N) is 1. The molecule has 0 aliphatic carbocycles. The fourth-order valence-corrected chi connectivity index (χ4v) is 2.88. The predicted octanol–water partition coefficient (Wildman–Crippen LogP) is 4.01. The fourth-order valence-electron chi connectivity index (χ4n) is 2.88. The van der Waals surface area contributed by atoms with Crippen molar-refractivity contribution in [1.29, 1.82) is 0 Å². The molecule has 0 bridgehead atoms. The SMILES string of the molecule is O=C(OC(c1ccccc1)c1ccccc1)[C@H](Cc1ccccc1)N(O)O. The summed E-state index contributed by atoms with van der Waals surface area (Å²) in [6.45, 7) is 0. The van der Waals surface area contributed by atoms with Crippen LogP contribution in [0, 0.1) is 0 Å². The van der Waals surface area contributed by atoms with Gasteiger partial charge in [0.2, 0.25) is 0 Å². The Bertz CT molecular complexity index is 798. The molecule has 138 valence electrons. The van der Waals surface area contributed by atoms with Crippen LogP contribution < -0.4 is 0 Å². The van der Waals surface area contributed by atoms with Crippen molar-refractivity contribution in [2.75, 3.05) is 0 Å². The normalized spacial score (nSPS) is 12.1. The molecule has 0 aliphatic heterocycles. The maximum atomic E-state index is 12.8. The van der Waals surface area contributed by atoms with Gasteiger partial charge in [-0.2, -0.15) is 0 Å². The molecule has 0 radical (unpaired) electrons. The van der Waals surface area contributed by atoms with Crippen molar-refractivity contribution in [2.24, 2.45) is 0 Å². The average molecular weight is 363 g/mol. The lowest BCUT2D eigenvalue weighted by Gasteiger charge is -2.24. The highest BCUT2D eigenvalue weighted by molar-refractivity contribution is 5.76. The minimum absolute atomic E-state index is 0.0810. The molecule has 27 heavy (non-hydrogen) atoms. The molecule has 5 heteroatoms.